The first-order valence-corrected chi connectivity index (χ1v) is 9.51. The molecular weight excluding hydrogens is 330 g/mol. The van der Waals surface area contributed by atoms with E-state index in [0.717, 1.165) is 23.7 Å². The van der Waals surface area contributed by atoms with Gasteiger partial charge in [0.25, 0.3) is 21.8 Å². The van der Waals surface area contributed by atoms with E-state index in [1.54, 1.807) is 13.8 Å². The molecule has 2 aliphatic rings. The maximum Gasteiger partial charge on any atom is 0.269 e. The van der Waals surface area contributed by atoms with E-state index in [1.807, 2.05) is 0 Å². The lowest BCUT2D eigenvalue weighted by atomic mass is 10.1. The van der Waals surface area contributed by atoms with Crippen molar-refractivity contribution in [3.05, 3.63) is 29.3 Å². The largest absolute Gasteiger partial charge is 0.350 e. The van der Waals surface area contributed by atoms with E-state index in [1.165, 1.54) is 18.2 Å². The van der Waals surface area contributed by atoms with Crippen LogP contribution in [0.3, 0.4) is 0 Å². The number of sulfonamides is 1. The number of hydrogen-bond donors (Lipinski definition) is 2. The Labute approximate surface area is 141 Å². The minimum atomic E-state index is -3.89. The van der Waals surface area contributed by atoms with E-state index in [4.69, 9.17) is 0 Å². The molecular formula is C16H21N3O4S. The highest BCUT2D eigenvalue weighted by molar-refractivity contribution is 7.90. The first-order chi connectivity index (χ1) is 11.3. The van der Waals surface area contributed by atoms with Crippen LogP contribution in [-0.2, 0) is 10.0 Å². The van der Waals surface area contributed by atoms with Gasteiger partial charge in [-0.2, -0.15) is 0 Å². The van der Waals surface area contributed by atoms with Crippen molar-refractivity contribution in [2.45, 2.75) is 43.7 Å². The predicted molar refractivity (Wildman–Crippen MR) is 88.3 cm³/mol. The molecule has 3 rings (SSSR count). The van der Waals surface area contributed by atoms with Crippen LogP contribution >= 0.6 is 0 Å². The maximum absolute atomic E-state index is 12.5. The molecule has 0 aromatic heterocycles. The van der Waals surface area contributed by atoms with Crippen LogP contribution in [0.4, 0.5) is 0 Å². The number of nitrogens with one attached hydrogen (secondary N) is 2. The lowest BCUT2D eigenvalue weighted by Gasteiger charge is -2.18. The SMILES string of the molecule is CC(C)N1C(=O)c2ccc(C(=O)NCC3CCCN3)cc2S1(=O)=O. The summed E-state index contributed by atoms with van der Waals surface area (Å²) < 4.78 is 25.9. The van der Waals surface area contributed by atoms with Gasteiger partial charge in [-0.1, -0.05) is 0 Å². The van der Waals surface area contributed by atoms with Gasteiger partial charge in [0.15, 0.2) is 0 Å². The number of benzene rings is 1. The molecule has 130 valence electrons. The molecule has 2 N–H and O–H groups in total. The number of fused-ring (bicyclic) bond motifs is 1. The van der Waals surface area contributed by atoms with Crippen molar-refractivity contribution in [2.75, 3.05) is 13.1 Å². The van der Waals surface area contributed by atoms with Crippen LogP contribution in [-0.4, -0.2) is 49.7 Å². The molecule has 8 heteroatoms. The van der Waals surface area contributed by atoms with Gasteiger partial charge >= 0.3 is 0 Å². The second-order valence-electron chi connectivity index (χ2n) is 6.41. The highest BCUT2D eigenvalue weighted by Crippen LogP contribution is 2.32. The molecule has 1 aromatic rings. The second-order valence-corrected chi connectivity index (χ2v) is 8.20. The third kappa shape index (κ3) is 2.80. The van der Waals surface area contributed by atoms with Crippen molar-refractivity contribution >= 4 is 21.8 Å². The van der Waals surface area contributed by atoms with Crippen LogP contribution in [0.25, 0.3) is 0 Å². The summed E-state index contributed by atoms with van der Waals surface area (Å²) in [5.41, 5.74) is 0.367. The Morgan fingerprint density at radius 3 is 2.79 bits per heavy atom. The quantitative estimate of drug-likeness (QED) is 0.833. The minimum absolute atomic E-state index is 0.0900. The van der Waals surface area contributed by atoms with Gasteiger partial charge in [0.1, 0.15) is 4.90 Å². The summed E-state index contributed by atoms with van der Waals surface area (Å²) in [6.07, 6.45) is 2.10. The van der Waals surface area contributed by atoms with Crippen molar-refractivity contribution in [1.29, 1.82) is 0 Å². The number of hydrogen-bond acceptors (Lipinski definition) is 5. The fraction of sp³-hybridized carbons (Fsp3) is 0.500. The van der Waals surface area contributed by atoms with Crippen LogP contribution in [0, 0.1) is 0 Å². The summed E-state index contributed by atoms with van der Waals surface area (Å²) in [6, 6.07) is 3.99. The summed E-state index contributed by atoms with van der Waals surface area (Å²) >= 11 is 0. The summed E-state index contributed by atoms with van der Waals surface area (Å²) in [5, 5.41) is 6.09. The Morgan fingerprint density at radius 1 is 1.42 bits per heavy atom. The zero-order valence-corrected chi connectivity index (χ0v) is 14.5. The number of rotatable bonds is 4. The number of carbonyl (C=O) groups excluding carboxylic acids is 2. The van der Waals surface area contributed by atoms with Gasteiger partial charge in [0.05, 0.1) is 5.56 Å². The average molecular weight is 351 g/mol. The second kappa shape index (κ2) is 6.18. The van der Waals surface area contributed by atoms with E-state index in [9.17, 15) is 18.0 Å². The first kappa shape index (κ1) is 16.9. The van der Waals surface area contributed by atoms with Gasteiger partial charge in [0.2, 0.25) is 0 Å². The van der Waals surface area contributed by atoms with Crippen LogP contribution < -0.4 is 10.6 Å². The minimum Gasteiger partial charge on any atom is -0.350 e. The molecule has 1 aromatic carbocycles. The normalized spacial score (nSPS) is 22.0. The van der Waals surface area contributed by atoms with E-state index in [2.05, 4.69) is 10.6 Å². The zero-order chi connectivity index (χ0) is 17.5. The molecule has 1 atom stereocenters. The molecule has 0 aliphatic carbocycles. The van der Waals surface area contributed by atoms with E-state index in [-0.39, 0.29) is 28.0 Å². The van der Waals surface area contributed by atoms with Crippen LogP contribution in [0.1, 0.15) is 47.4 Å². The molecule has 0 saturated carbocycles. The van der Waals surface area contributed by atoms with Gasteiger partial charge in [-0.15, -0.1) is 0 Å². The van der Waals surface area contributed by atoms with Crippen molar-refractivity contribution < 1.29 is 18.0 Å². The highest BCUT2D eigenvalue weighted by atomic mass is 32.2. The first-order valence-electron chi connectivity index (χ1n) is 8.07. The zero-order valence-electron chi connectivity index (χ0n) is 13.7. The topological polar surface area (TPSA) is 95.6 Å². The third-order valence-electron chi connectivity index (χ3n) is 4.35. The molecule has 1 unspecified atom stereocenters. The molecule has 2 heterocycles. The Kier molecular flexibility index (Phi) is 4.35. The molecule has 1 saturated heterocycles. The van der Waals surface area contributed by atoms with Crippen molar-refractivity contribution in [3.63, 3.8) is 0 Å². The smallest absolute Gasteiger partial charge is 0.269 e. The molecule has 24 heavy (non-hydrogen) atoms. The molecule has 2 amide bonds. The van der Waals surface area contributed by atoms with Gasteiger partial charge in [0, 0.05) is 24.2 Å². The highest BCUT2D eigenvalue weighted by Gasteiger charge is 2.42. The van der Waals surface area contributed by atoms with Crippen LogP contribution in [0.15, 0.2) is 23.1 Å². The van der Waals surface area contributed by atoms with E-state index >= 15 is 0 Å². The number of amides is 2. The molecule has 0 spiro atoms. The maximum atomic E-state index is 12.5. The monoisotopic (exact) mass is 351 g/mol. The predicted octanol–water partition coefficient (Wildman–Crippen LogP) is 0.721. The van der Waals surface area contributed by atoms with Gasteiger partial charge in [-0.05, 0) is 51.4 Å². The van der Waals surface area contributed by atoms with Gasteiger partial charge in [-0.25, -0.2) is 12.7 Å². The fourth-order valence-corrected chi connectivity index (χ4v) is 4.94. The van der Waals surface area contributed by atoms with Crippen LogP contribution in [0.2, 0.25) is 0 Å². The summed E-state index contributed by atoms with van der Waals surface area (Å²) in [5.74, 6) is -0.876. The number of nitrogens with zero attached hydrogens (tertiary/aromatic N) is 1. The van der Waals surface area contributed by atoms with Gasteiger partial charge in [-0.3, -0.25) is 9.59 Å². The fourth-order valence-electron chi connectivity index (χ4n) is 3.15. The molecule has 0 bridgehead atoms. The lowest BCUT2D eigenvalue weighted by molar-refractivity contribution is 0.0845. The van der Waals surface area contributed by atoms with Gasteiger partial charge < -0.3 is 10.6 Å². The number of carbonyl (C=O) groups is 2. The third-order valence-corrected chi connectivity index (χ3v) is 6.35. The van der Waals surface area contributed by atoms with Crippen LogP contribution in [0.5, 0.6) is 0 Å². The average Bonchev–Trinajstić information content (AvgIpc) is 3.10. The van der Waals surface area contributed by atoms with E-state index < -0.39 is 22.0 Å². The Hall–Kier alpha value is -1.93. The molecule has 0 radical (unpaired) electrons. The Bertz CT molecular complexity index is 783. The lowest BCUT2D eigenvalue weighted by Crippen LogP contribution is -2.37. The van der Waals surface area contributed by atoms with Crippen molar-refractivity contribution in [3.8, 4) is 0 Å². The molecule has 7 nitrogen and oxygen atoms in total. The summed E-state index contributed by atoms with van der Waals surface area (Å²) in [6.45, 7) is 4.73. The Morgan fingerprint density at radius 2 is 2.17 bits per heavy atom. The van der Waals surface area contributed by atoms with E-state index in [0.29, 0.717) is 6.54 Å². The van der Waals surface area contributed by atoms with Crippen molar-refractivity contribution in [1.82, 2.24) is 14.9 Å². The summed E-state index contributed by atoms with van der Waals surface area (Å²) in [4.78, 5) is 24.5. The molecule has 2 aliphatic heterocycles. The van der Waals surface area contributed by atoms with Crippen molar-refractivity contribution in [2.24, 2.45) is 0 Å². The molecule has 1 fully saturated rings. The Balaban J connectivity index is 1.83. The summed E-state index contributed by atoms with van der Waals surface area (Å²) in [7, 11) is -3.89. The standard InChI is InChI=1S/C16H21N3O4S/c1-10(2)19-16(21)13-6-5-11(8-14(13)24(19,22)23)15(20)18-9-12-4-3-7-17-12/h5-6,8,10,12,17H,3-4,7,9H2,1-2H3,(H,18,20).